The molecule has 0 saturated carbocycles. The smallest absolute Gasteiger partial charge is 0.151 e. The Morgan fingerprint density at radius 2 is 2.20 bits per heavy atom. The van der Waals surface area contributed by atoms with Crippen LogP contribution in [0.25, 0.3) is 0 Å². The molecule has 0 aromatic rings. The fourth-order valence-electron chi connectivity index (χ4n) is 1.11. The van der Waals surface area contributed by atoms with Crippen molar-refractivity contribution in [3.8, 4) is 0 Å². The van der Waals surface area contributed by atoms with Gasteiger partial charge < -0.3 is 0 Å². The van der Waals surface area contributed by atoms with Gasteiger partial charge in [0, 0.05) is 19.3 Å². The summed E-state index contributed by atoms with van der Waals surface area (Å²) in [4.78, 5) is 0. The van der Waals surface area contributed by atoms with E-state index in [-0.39, 0.29) is 5.25 Å². The lowest BCUT2D eigenvalue weighted by Gasteiger charge is -2.19. The lowest BCUT2D eigenvalue weighted by atomic mass is 10.2. The van der Waals surface area contributed by atoms with Crippen LogP contribution >= 0.6 is 0 Å². The number of sulfone groups is 1. The first kappa shape index (κ1) is 8.01. The Kier molecular flexibility index (Phi) is 2.31. The number of nitrogens with zero attached hydrogens (tertiary/aromatic N) is 1. The highest BCUT2D eigenvalue weighted by Gasteiger charge is 2.22. The van der Waals surface area contributed by atoms with Crippen molar-refractivity contribution in [2.75, 3.05) is 19.3 Å². The van der Waals surface area contributed by atoms with E-state index in [0.717, 1.165) is 19.4 Å². The molecule has 0 spiro atoms. The number of hydrogen-bond acceptors (Lipinski definition) is 2. The molecule has 59 valence electrons. The van der Waals surface area contributed by atoms with Gasteiger partial charge in [0.2, 0.25) is 0 Å². The second-order valence-electron chi connectivity index (χ2n) is 2.72. The fraction of sp³-hybridized carbons (Fsp3) is 1.00. The van der Waals surface area contributed by atoms with E-state index in [0.29, 0.717) is 6.54 Å². The highest BCUT2D eigenvalue weighted by molar-refractivity contribution is 7.91. The molecule has 0 bridgehead atoms. The first-order chi connectivity index (χ1) is 4.61. The lowest BCUT2D eigenvalue weighted by Crippen LogP contribution is -2.34. The van der Waals surface area contributed by atoms with E-state index in [2.05, 4.69) is 5.32 Å². The average molecular weight is 162 g/mol. The molecular formula is C6H12NO2S. The van der Waals surface area contributed by atoms with Gasteiger partial charge in [-0.2, -0.15) is 0 Å². The predicted molar refractivity (Wildman–Crippen MR) is 39.7 cm³/mol. The SMILES string of the molecule is CS(=O)(=O)C1CCC[N]C1. The molecule has 1 aliphatic heterocycles. The molecule has 0 aromatic carbocycles. The lowest BCUT2D eigenvalue weighted by molar-refractivity contribution is 0.493. The first-order valence-electron chi connectivity index (χ1n) is 3.43. The summed E-state index contributed by atoms with van der Waals surface area (Å²) in [7, 11) is -2.82. The Bertz CT molecular complexity index is 192. The summed E-state index contributed by atoms with van der Waals surface area (Å²) in [6.07, 6.45) is 3.01. The Morgan fingerprint density at radius 1 is 1.50 bits per heavy atom. The number of piperidine rings is 1. The molecule has 1 unspecified atom stereocenters. The second-order valence-corrected chi connectivity index (χ2v) is 5.05. The topological polar surface area (TPSA) is 48.2 Å². The Hall–Kier alpha value is -0.0900. The van der Waals surface area contributed by atoms with Gasteiger partial charge in [0.05, 0.1) is 5.25 Å². The van der Waals surface area contributed by atoms with Crippen molar-refractivity contribution < 1.29 is 8.42 Å². The summed E-state index contributed by atoms with van der Waals surface area (Å²) in [5.41, 5.74) is 0. The van der Waals surface area contributed by atoms with E-state index in [1.165, 1.54) is 6.26 Å². The minimum Gasteiger partial charge on any atom is -0.240 e. The molecule has 1 radical (unpaired) electrons. The summed E-state index contributed by atoms with van der Waals surface area (Å²) in [5, 5.41) is 3.85. The zero-order chi connectivity index (χ0) is 7.61. The van der Waals surface area contributed by atoms with Crippen molar-refractivity contribution in [1.29, 1.82) is 0 Å². The Morgan fingerprint density at radius 3 is 2.50 bits per heavy atom. The van der Waals surface area contributed by atoms with Crippen LogP contribution in [-0.4, -0.2) is 33.0 Å². The summed E-state index contributed by atoms with van der Waals surface area (Å²) >= 11 is 0. The first-order valence-corrected chi connectivity index (χ1v) is 5.38. The van der Waals surface area contributed by atoms with E-state index in [9.17, 15) is 8.42 Å². The van der Waals surface area contributed by atoms with Crippen LogP contribution in [0, 0.1) is 0 Å². The number of hydrogen-bond donors (Lipinski definition) is 0. The highest BCUT2D eigenvalue weighted by atomic mass is 32.2. The molecule has 3 nitrogen and oxygen atoms in total. The number of rotatable bonds is 1. The van der Waals surface area contributed by atoms with E-state index in [1.54, 1.807) is 0 Å². The van der Waals surface area contributed by atoms with Crippen LogP contribution in [0.4, 0.5) is 0 Å². The summed E-state index contributed by atoms with van der Waals surface area (Å²) in [6.45, 7) is 1.35. The maximum Gasteiger partial charge on any atom is 0.151 e. The van der Waals surface area contributed by atoms with Crippen LogP contribution in [0.15, 0.2) is 0 Å². The summed E-state index contributed by atoms with van der Waals surface area (Å²) in [6, 6.07) is 0. The van der Waals surface area contributed by atoms with E-state index in [1.807, 2.05) is 0 Å². The van der Waals surface area contributed by atoms with E-state index in [4.69, 9.17) is 0 Å². The minimum atomic E-state index is -2.82. The maximum atomic E-state index is 10.9. The van der Waals surface area contributed by atoms with Crippen molar-refractivity contribution >= 4 is 9.84 Å². The minimum absolute atomic E-state index is 0.193. The monoisotopic (exact) mass is 162 g/mol. The third-order valence-electron chi connectivity index (χ3n) is 1.78. The van der Waals surface area contributed by atoms with Crippen molar-refractivity contribution in [2.24, 2.45) is 0 Å². The van der Waals surface area contributed by atoms with Gasteiger partial charge in [-0.15, -0.1) is 0 Å². The van der Waals surface area contributed by atoms with Crippen LogP contribution in [-0.2, 0) is 9.84 Å². The Labute approximate surface area is 61.7 Å². The molecule has 0 N–H and O–H groups in total. The molecule has 0 aromatic heterocycles. The van der Waals surface area contributed by atoms with Crippen molar-refractivity contribution in [3.63, 3.8) is 0 Å². The van der Waals surface area contributed by atoms with Crippen LogP contribution in [0.5, 0.6) is 0 Å². The molecule has 1 saturated heterocycles. The van der Waals surface area contributed by atoms with Crippen molar-refractivity contribution in [3.05, 3.63) is 0 Å². The average Bonchev–Trinajstić information content (AvgIpc) is 1.88. The molecule has 4 heteroatoms. The Balaban J connectivity index is 2.56. The van der Waals surface area contributed by atoms with E-state index >= 15 is 0 Å². The summed E-state index contributed by atoms with van der Waals surface area (Å²) in [5.74, 6) is 0. The van der Waals surface area contributed by atoms with Crippen molar-refractivity contribution in [2.45, 2.75) is 18.1 Å². The molecular weight excluding hydrogens is 150 g/mol. The van der Waals surface area contributed by atoms with Gasteiger partial charge in [-0.1, -0.05) is 0 Å². The molecule has 1 atom stereocenters. The van der Waals surface area contributed by atoms with Gasteiger partial charge in [0.1, 0.15) is 0 Å². The molecule has 0 aliphatic carbocycles. The van der Waals surface area contributed by atoms with Gasteiger partial charge >= 0.3 is 0 Å². The second kappa shape index (κ2) is 2.88. The van der Waals surface area contributed by atoms with Gasteiger partial charge in [-0.25, -0.2) is 13.7 Å². The predicted octanol–water partition coefficient (Wildman–Crippen LogP) is -0.202. The van der Waals surface area contributed by atoms with Gasteiger partial charge in [0.25, 0.3) is 0 Å². The molecule has 1 rings (SSSR count). The van der Waals surface area contributed by atoms with Crippen LogP contribution in [0.3, 0.4) is 0 Å². The third kappa shape index (κ3) is 1.95. The zero-order valence-corrected chi connectivity index (χ0v) is 6.89. The standard InChI is InChI=1S/C6H12NO2S/c1-10(8,9)6-3-2-4-7-5-6/h6H,2-5H2,1H3. The van der Waals surface area contributed by atoms with Gasteiger partial charge in [-0.05, 0) is 12.8 Å². The normalized spacial score (nSPS) is 28.3. The third-order valence-corrected chi connectivity index (χ3v) is 3.38. The largest absolute Gasteiger partial charge is 0.240 e. The zero-order valence-electron chi connectivity index (χ0n) is 6.08. The fourth-order valence-corrected chi connectivity index (χ4v) is 2.08. The molecule has 1 aliphatic rings. The van der Waals surface area contributed by atoms with Crippen LogP contribution in [0.2, 0.25) is 0 Å². The van der Waals surface area contributed by atoms with Crippen LogP contribution in [0.1, 0.15) is 12.8 Å². The van der Waals surface area contributed by atoms with Crippen LogP contribution < -0.4 is 5.32 Å². The van der Waals surface area contributed by atoms with Gasteiger partial charge in [0.15, 0.2) is 9.84 Å². The van der Waals surface area contributed by atoms with E-state index < -0.39 is 9.84 Å². The highest BCUT2D eigenvalue weighted by Crippen LogP contribution is 2.10. The molecule has 0 amide bonds. The quantitative estimate of drug-likeness (QED) is 0.536. The van der Waals surface area contributed by atoms with Crippen molar-refractivity contribution in [1.82, 2.24) is 5.32 Å². The molecule has 10 heavy (non-hydrogen) atoms. The molecule has 1 fully saturated rings. The summed E-state index contributed by atoms with van der Waals surface area (Å²) < 4.78 is 21.9. The maximum absolute atomic E-state index is 10.9. The molecule has 1 heterocycles. The van der Waals surface area contributed by atoms with Gasteiger partial charge in [-0.3, -0.25) is 0 Å².